The summed E-state index contributed by atoms with van der Waals surface area (Å²) in [6.07, 6.45) is 5.67. The lowest BCUT2D eigenvalue weighted by molar-refractivity contribution is -0.00802. The second kappa shape index (κ2) is 5.49. The fourth-order valence-corrected chi connectivity index (χ4v) is 5.10. The van der Waals surface area contributed by atoms with Crippen molar-refractivity contribution in [3.05, 3.63) is 33.7 Å². The Morgan fingerprint density at radius 2 is 1.96 bits per heavy atom. The molecule has 4 aliphatic rings. The maximum absolute atomic E-state index is 4.58. The lowest BCUT2D eigenvalue weighted by Crippen LogP contribution is -2.68. The Bertz CT molecular complexity index is 757. The molecule has 3 saturated heterocycles. The van der Waals surface area contributed by atoms with Gasteiger partial charge in [-0.1, -0.05) is 0 Å². The van der Waals surface area contributed by atoms with Crippen molar-refractivity contribution < 1.29 is 0 Å². The van der Waals surface area contributed by atoms with Crippen LogP contribution in [0.5, 0.6) is 0 Å². The molecule has 6 rings (SSSR count). The molecule has 4 fully saturated rings. The van der Waals surface area contributed by atoms with E-state index in [2.05, 4.69) is 44.7 Å². The van der Waals surface area contributed by atoms with Crippen LogP contribution in [-0.2, 0) is 6.54 Å². The van der Waals surface area contributed by atoms with Gasteiger partial charge >= 0.3 is 0 Å². The minimum Gasteiger partial charge on any atom is -0.353 e. The second-order valence-electron chi connectivity index (χ2n) is 7.44. The van der Waals surface area contributed by atoms with Crippen molar-refractivity contribution in [2.75, 3.05) is 18.0 Å². The summed E-state index contributed by atoms with van der Waals surface area (Å²) >= 11 is 1.85. The van der Waals surface area contributed by atoms with E-state index in [0.717, 1.165) is 25.5 Å². The number of aromatic nitrogens is 3. The Labute approximate surface area is 146 Å². The molecule has 1 aliphatic carbocycles. The van der Waals surface area contributed by atoms with Crippen LogP contribution in [0, 0.1) is 13.8 Å². The Morgan fingerprint density at radius 1 is 1.17 bits per heavy atom. The van der Waals surface area contributed by atoms with Crippen molar-refractivity contribution in [3.8, 4) is 0 Å². The van der Waals surface area contributed by atoms with Crippen LogP contribution in [0.15, 0.2) is 12.4 Å². The quantitative estimate of drug-likeness (QED) is 0.856. The van der Waals surface area contributed by atoms with Crippen molar-refractivity contribution in [2.24, 2.45) is 0 Å². The third-order valence-corrected chi connectivity index (χ3v) is 6.72. The Morgan fingerprint density at radius 3 is 2.62 bits per heavy atom. The van der Waals surface area contributed by atoms with Gasteiger partial charge in [0.15, 0.2) is 0 Å². The molecule has 126 valence electrons. The zero-order valence-corrected chi connectivity index (χ0v) is 15.1. The Kier molecular flexibility index (Phi) is 3.38. The molecule has 0 spiro atoms. The van der Waals surface area contributed by atoms with E-state index >= 15 is 0 Å². The Hall–Kier alpha value is -1.53. The number of hydrogen-bond acceptors (Lipinski definition) is 6. The average Bonchev–Trinajstić information content (AvgIpc) is 3.39. The first-order chi connectivity index (χ1) is 11.7. The summed E-state index contributed by atoms with van der Waals surface area (Å²) in [4.78, 5) is 20.1. The molecule has 3 aliphatic heterocycles. The van der Waals surface area contributed by atoms with Gasteiger partial charge in [-0.05, 0) is 33.1 Å². The highest BCUT2D eigenvalue weighted by molar-refractivity contribution is 7.11. The predicted molar refractivity (Wildman–Crippen MR) is 95.5 cm³/mol. The number of nitrogens with zero attached hydrogens (tertiary/aromatic N) is 5. The van der Waals surface area contributed by atoms with Gasteiger partial charge in [-0.25, -0.2) is 15.0 Å². The molecule has 2 bridgehead atoms. The van der Waals surface area contributed by atoms with Gasteiger partial charge in [-0.2, -0.15) is 0 Å². The molecule has 24 heavy (non-hydrogen) atoms. The predicted octanol–water partition coefficient (Wildman–Crippen LogP) is 2.89. The molecule has 1 saturated carbocycles. The van der Waals surface area contributed by atoms with E-state index in [1.54, 1.807) is 6.33 Å². The van der Waals surface area contributed by atoms with E-state index < -0.39 is 0 Å². The van der Waals surface area contributed by atoms with E-state index in [1.807, 2.05) is 11.3 Å². The zero-order chi connectivity index (χ0) is 16.3. The van der Waals surface area contributed by atoms with E-state index in [1.165, 1.54) is 40.5 Å². The smallest absolute Gasteiger partial charge is 0.132 e. The molecule has 0 aromatic carbocycles. The van der Waals surface area contributed by atoms with Crippen LogP contribution in [0.1, 0.15) is 46.5 Å². The Balaban J connectivity index is 1.28. The van der Waals surface area contributed by atoms with Crippen molar-refractivity contribution in [1.29, 1.82) is 0 Å². The number of anilines is 1. The standard InChI is InChI=1S/C18H23N5S/c1-11-17(24-12(2)21-11)9-23-14-5-15(23)8-22(7-14)18-6-16(13-3-4-13)19-10-20-18/h6,10,13-15H,3-5,7-9H2,1-2H3. The summed E-state index contributed by atoms with van der Waals surface area (Å²) < 4.78 is 0. The third-order valence-electron chi connectivity index (χ3n) is 5.66. The molecule has 0 amide bonds. The topological polar surface area (TPSA) is 45.2 Å². The minimum absolute atomic E-state index is 0.657. The van der Waals surface area contributed by atoms with Gasteiger partial charge in [-0.3, -0.25) is 4.90 Å². The van der Waals surface area contributed by atoms with Gasteiger partial charge in [0.1, 0.15) is 12.1 Å². The van der Waals surface area contributed by atoms with Crippen molar-refractivity contribution in [2.45, 2.75) is 57.7 Å². The highest BCUT2D eigenvalue weighted by Gasteiger charge is 2.45. The molecule has 6 heteroatoms. The van der Waals surface area contributed by atoms with Gasteiger partial charge < -0.3 is 4.90 Å². The normalized spacial score (nSPS) is 26.5. The highest BCUT2D eigenvalue weighted by atomic mass is 32.1. The molecule has 0 radical (unpaired) electrons. The molecular weight excluding hydrogens is 318 g/mol. The zero-order valence-electron chi connectivity index (χ0n) is 14.3. The molecule has 2 atom stereocenters. The number of thiazole rings is 1. The van der Waals surface area contributed by atoms with Crippen LogP contribution >= 0.6 is 11.3 Å². The van der Waals surface area contributed by atoms with Gasteiger partial charge in [0.25, 0.3) is 0 Å². The summed E-state index contributed by atoms with van der Waals surface area (Å²) in [5.41, 5.74) is 2.45. The summed E-state index contributed by atoms with van der Waals surface area (Å²) in [5, 5.41) is 1.18. The van der Waals surface area contributed by atoms with E-state index in [9.17, 15) is 0 Å². The van der Waals surface area contributed by atoms with Gasteiger partial charge in [0, 0.05) is 54.3 Å². The van der Waals surface area contributed by atoms with Crippen LogP contribution in [0.4, 0.5) is 5.82 Å². The summed E-state index contributed by atoms with van der Waals surface area (Å²) in [6.45, 7) is 7.49. The third kappa shape index (κ3) is 2.52. The van der Waals surface area contributed by atoms with Crippen molar-refractivity contribution >= 4 is 17.2 Å². The van der Waals surface area contributed by atoms with Gasteiger partial charge in [0.2, 0.25) is 0 Å². The largest absolute Gasteiger partial charge is 0.353 e. The summed E-state index contributed by atoms with van der Waals surface area (Å²) in [6, 6.07) is 3.54. The number of piperazine rings is 1. The molecule has 0 N–H and O–H groups in total. The van der Waals surface area contributed by atoms with Crippen LogP contribution in [0.25, 0.3) is 0 Å². The first-order valence-corrected chi connectivity index (χ1v) is 9.74. The average molecular weight is 341 g/mol. The fourth-order valence-electron chi connectivity index (χ4n) is 4.16. The van der Waals surface area contributed by atoms with E-state index in [4.69, 9.17) is 0 Å². The maximum Gasteiger partial charge on any atom is 0.132 e. The fraction of sp³-hybridized carbons (Fsp3) is 0.611. The lowest BCUT2D eigenvalue weighted by atomic mass is 9.87. The van der Waals surface area contributed by atoms with Crippen LogP contribution in [0.3, 0.4) is 0 Å². The maximum atomic E-state index is 4.58. The molecule has 2 unspecified atom stereocenters. The molecule has 5 heterocycles. The summed E-state index contributed by atoms with van der Waals surface area (Å²) in [7, 11) is 0. The van der Waals surface area contributed by atoms with Crippen molar-refractivity contribution in [1.82, 2.24) is 19.9 Å². The number of hydrogen-bond donors (Lipinski definition) is 0. The van der Waals surface area contributed by atoms with E-state index in [-0.39, 0.29) is 0 Å². The SMILES string of the molecule is Cc1nc(C)c(CN2C3CC2CN(c2cc(C4CC4)ncn2)C3)s1. The van der Waals surface area contributed by atoms with E-state index in [0.29, 0.717) is 18.0 Å². The molecule has 2 aromatic rings. The van der Waals surface area contributed by atoms with Crippen molar-refractivity contribution in [3.63, 3.8) is 0 Å². The molecule has 5 nitrogen and oxygen atoms in total. The number of fused-ring (bicyclic) bond motifs is 2. The van der Waals surface area contributed by atoms with Gasteiger partial charge in [-0.15, -0.1) is 11.3 Å². The molecular formula is C18H23N5S. The van der Waals surface area contributed by atoms with Crippen LogP contribution < -0.4 is 4.90 Å². The first-order valence-electron chi connectivity index (χ1n) is 8.93. The second-order valence-corrected chi connectivity index (χ2v) is 8.73. The van der Waals surface area contributed by atoms with Gasteiger partial charge in [0.05, 0.1) is 10.7 Å². The number of piperidine rings is 1. The minimum atomic E-state index is 0.657. The number of aryl methyl sites for hydroxylation is 2. The summed E-state index contributed by atoms with van der Waals surface area (Å²) in [5.74, 6) is 1.83. The number of rotatable bonds is 4. The molecule has 2 aromatic heterocycles. The lowest BCUT2D eigenvalue weighted by Gasteiger charge is -2.56. The monoisotopic (exact) mass is 341 g/mol. The first kappa shape index (κ1) is 14.8. The van der Waals surface area contributed by atoms with Crippen LogP contribution in [0.2, 0.25) is 0 Å². The van der Waals surface area contributed by atoms with Crippen LogP contribution in [-0.4, -0.2) is 45.0 Å². The highest BCUT2D eigenvalue weighted by Crippen LogP contribution is 2.41.